The minimum atomic E-state index is -1.24. The quantitative estimate of drug-likeness (QED) is 0.787. The molecular formula is C14H18N2OSi. The van der Waals surface area contributed by atoms with Gasteiger partial charge in [-0.1, -0.05) is 49.1 Å². The molecule has 0 saturated carbocycles. The fourth-order valence-corrected chi connectivity index (χ4v) is 2.98. The van der Waals surface area contributed by atoms with Crippen molar-refractivity contribution in [1.82, 2.24) is 9.55 Å². The van der Waals surface area contributed by atoms with Gasteiger partial charge in [-0.3, -0.25) is 4.57 Å². The number of hydrogen-bond acceptors (Lipinski definition) is 2. The number of rotatable bonds is 3. The van der Waals surface area contributed by atoms with Gasteiger partial charge in [0.2, 0.25) is 0 Å². The fraction of sp³-hybridized carbons (Fsp3) is 0.286. The normalized spacial score (nSPS) is 11.5. The maximum absolute atomic E-state index is 11.5. The second-order valence-corrected chi connectivity index (χ2v) is 10.6. The molecule has 0 atom stereocenters. The standard InChI is InChI=1S/C14H18N2OSi/c1-18(2,3)13-7-5-12(6-8-13)11-16-10-4-9-15-14(16)17/h4-10H,11H2,1-3H3. The lowest BCUT2D eigenvalue weighted by molar-refractivity contribution is 0.727. The molecule has 0 bridgehead atoms. The topological polar surface area (TPSA) is 34.9 Å². The van der Waals surface area contributed by atoms with Crippen LogP contribution < -0.4 is 10.9 Å². The Morgan fingerprint density at radius 2 is 1.83 bits per heavy atom. The second-order valence-electron chi connectivity index (χ2n) is 5.48. The third-order valence-corrected chi connectivity index (χ3v) is 5.02. The van der Waals surface area contributed by atoms with Gasteiger partial charge in [0.25, 0.3) is 0 Å². The van der Waals surface area contributed by atoms with Crippen molar-refractivity contribution in [3.05, 3.63) is 58.8 Å². The van der Waals surface area contributed by atoms with Crippen LogP contribution in [0.15, 0.2) is 47.5 Å². The third-order valence-electron chi connectivity index (χ3n) is 2.96. The minimum absolute atomic E-state index is 0.202. The zero-order valence-corrected chi connectivity index (χ0v) is 12.1. The molecule has 0 N–H and O–H groups in total. The van der Waals surface area contributed by atoms with Gasteiger partial charge < -0.3 is 0 Å². The van der Waals surface area contributed by atoms with Crippen LogP contribution in [0.1, 0.15) is 5.56 Å². The van der Waals surface area contributed by atoms with E-state index in [0.717, 1.165) is 5.56 Å². The molecule has 94 valence electrons. The van der Waals surface area contributed by atoms with E-state index in [9.17, 15) is 4.79 Å². The van der Waals surface area contributed by atoms with E-state index in [2.05, 4.69) is 48.9 Å². The summed E-state index contributed by atoms with van der Waals surface area (Å²) in [5, 5.41) is 1.43. The van der Waals surface area contributed by atoms with Crippen LogP contribution in [0, 0.1) is 0 Å². The molecule has 0 aliphatic carbocycles. The highest BCUT2D eigenvalue weighted by Crippen LogP contribution is 2.05. The molecule has 0 radical (unpaired) electrons. The van der Waals surface area contributed by atoms with Crippen molar-refractivity contribution in [3.63, 3.8) is 0 Å². The van der Waals surface area contributed by atoms with E-state index in [1.807, 2.05) is 0 Å². The number of hydrogen-bond donors (Lipinski definition) is 0. The Bertz CT molecular complexity index is 582. The van der Waals surface area contributed by atoms with Crippen molar-refractivity contribution in [2.24, 2.45) is 0 Å². The summed E-state index contributed by atoms with van der Waals surface area (Å²) in [7, 11) is -1.24. The second kappa shape index (κ2) is 4.90. The van der Waals surface area contributed by atoms with Crippen LogP contribution in [0.4, 0.5) is 0 Å². The van der Waals surface area contributed by atoms with Crippen LogP contribution in [-0.2, 0) is 6.54 Å². The molecule has 1 aromatic carbocycles. The van der Waals surface area contributed by atoms with Gasteiger partial charge in [0, 0.05) is 12.4 Å². The summed E-state index contributed by atoms with van der Waals surface area (Å²) >= 11 is 0. The average molecular weight is 258 g/mol. The summed E-state index contributed by atoms with van der Waals surface area (Å²) in [5.41, 5.74) is 0.930. The third kappa shape index (κ3) is 2.95. The smallest absolute Gasteiger partial charge is 0.295 e. The van der Waals surface area contributed by atoms with E-state index >= 15 is 0 Å². The van der Waals surface area contributed by atoms with Crippen LogP contribution in [0.2, 0.25) is 19.6 Å². The monoisotopic (exact) mass is 258 g/mol. The molecule has 0 aliphatic heterocycles. The van der Waals surface area contributed by atoms with Gasteiger partial charge in [0.1, 0.15) is 0 Å². The lowest BCUT2D eigenvalue weighted by Crippen LogP contribution is -2.37. The Labute approximate surface area is 108 Å². The molecule has 3 nitrogen and oxygen atoms in total. The van der Waals surface area contributed by atoms with Crippen molar-refractivity contribution < 1.29 is 0 Å². The first kappa shape index (κ1) is 12.8. The van der Waals surface area contributed by atoms with E-state index < -0.39 is 8.07 Å². The molecule has 0 spiro atoms. The van der Waals surface area contributed by atoms with Crippen LogP contribution in [0.3, 0.4) is 0 Å². The van der Waals surface area contributed by atoms with Crippen molar-refractivity contribution in [3.8, 4) is 0 Å². The lowest BCUT2D eigenvalue weighted by Gasteiger charge is -2.16. The summed E-state index contributed by atoms with van der Waals surface area (Å²) in [6, 6.07) is 10.4. The molecule has 0 unspecified atom stereocenters. The van der Waals surface area contributed by atoms with Gasteiger partial charge in [-0.05, 0) is 11.6 Å². The maximum atomic E-state index is 11.5. The van der Waals surface area contributed by atoms with Gasteiger partial charge >= 0.3 is 5.69 Å². The molecule has 18 heavy (non-hydrogen) atoms. The number of nitrogens with zero attached hydrogens (tertiary/aromatic N) is 2. The van der Waals surface area contributed by atoms with Crippen LogP contribution in [-0.4, -0.2) is 17.6 Å². The van der Waals surface area contributed by atoms with Crippen molar-refractivity contribution in [2.75, 3.05) is 0 Å². The highest BCUT2D eigenvalue weighted by Gasteiger charge is 2.15. The number of aromatic nitrogens is 2. The molecule has 0 aliphatic rings. The Balaban J connectivity index is 2.22. The zero-order chi connectivity index (χ0) is 13.2. The van der Waals surface area contributed by atoms with E-state index in [1.54, 1.807) is 16.8 Å². The molecule has 1 heterocycles. The zero-order valence-electron chi connectivity index (χ0n) is 11.1. The van der Waals surface area contributed by atoms with Gasteiger partial charge in [0.15, 0.2) is 0 Å². The van der Waals surface area contributed by atoms with E-state index in [1.165, 1.54) is 11.4 Å². The fourth-order valence-electron chi connectivity index (χ4n) is 1.81. The first-order valence-corrected chi connectivity index (χ1v) is 9.58. The highest BCUT2D eigenvalue weighted by atomic mass is 28.3. The lowest BCUT2D eigenvalue weighted by atomic mass is 10.2. The minimum Gasteiger partial charge on any atom is -0.295 e. The van der Waals surface area contributed by atoms with Gasteiger partial charge in [-0.15, -0.1) is 0 Å². The molecule has 2 aromatic rings. The highest BCUT2D eigenvalue weighted by molar-refractivity contribution is 6.88. The molecule has 0 saturated heterocycles. The molecular weight excluding hydrogens is 240 g/mol. The molecule has 1 aromatic heterocycles. The molecule has 2 rings (SSSR count). The van der Waals surface area contributed by atoms with Crippen molar-refractivity contribution >= 4 is 13.3 Å². The van der Waals surface area contributed by atoms with E-state index in [0.29, 0.717) is 6.54 Å². The summed E-state index contributed by atoms with van der Waals surface area (Å²) in [6.45, 7) is 7.56. The molecule has 4 heteroatoms. The Kier molecular flexibility index (Phi) is 3.47. The molecule has 0 amide bonds. The summed E-state index contributed by atoms with van der Waals surface area (Å²) in [5.74, 6) is 0. The molecule has 0 fully saturated rings. The predicted octanol–water partition coefficient (Wildman–Crippen LogP) is 1.84. The predicted molar refractivity (Wildman–Crippen MR) is 77.0 cm³/mol. The average Bonchev–Trinajstić information content (AvgIpc) is 2.32. The van der Waals surface area contributed by atoms with E-state index in [4.69, 9.17) is 0 Å². The van der Waals surface area contributed by atoms with Crippen molar-refractivity contribution in [2.45, 2.75) is 26.2 Å². The summed E-state index contributed by atoms with van der Waals surface area (Å²) < 4.78 is 1.61. The first-order valence-electron chi connectivity index (χ1n) is 6.08. The Morgan fingerprint density at radius 3 is 2.39 bits per heavy atom. The van der Waals surface area contributed by atoms with Gasteiger partial charge in [-0.25, -0.2) is 9.78 Å². The van der Waals surface area contributed by atoms with Gasteiger partial charge in [0.05, 0.1) is 14.6 Å². The van der Waals surface area contributed by atoms with E-state index in [-0.39, 0.29) is 5.69 Å². The summed E-state index contributed by atoms with van der Waals surface area (Å²) in [4.78, 5) is 15.3. The first-order chi connectivity index (χ1) is 8.47. The van der Waals surface area contributed by atoms with Crippen molar-refractivity contribution in [1.29, 1.82) is 0 Å². The Morgan fingerprint density at radius 1 is 1.17 bits per heavy atom. The summed E-state index contributed by atoms with van der Waals surface area (Å²) in [6.07, 6.45) is 3.29. The van der Waals surface area contributed by atoms with Crippen LogP contribution >= 0.6 is 0 Å². The van der Waals surface area contributed by atoms with Crippen LogP contribution in [0.25, 0.3) is 0 Å². The Hall–Kier alpha value is -1.68. The van der Waals surface area contributed by atoms with Crippen LogP contribution in [0.5, 0.6) is 0 Å². The SMILES string of the molecule is C[Si](C)(C)c1ccc(Cn2cccnc2=O)cc1. The largest absolute Gasteiger partial charge is 0.347 e. The van der Waals surface area contributed by atoms with Gasteiger partial charge in [-0.2, -0.15) is 0 Å². The number of benzene rings is 1. The maximum Gasteiger partial charge on any atom is 0.347 e.